The number of urea groups is 1. The van der Waals surface area contributed by atoms with Crippen molar-refractivity contribution in [1.29, 1.82) is 0 Å². The highest BCUT2D eigenvalue weighted by atomic mass is 16.4. The number of benzene rings is 1. The largest absolute Gasteiger partial charge is 0.420 e. The first-order chi connectivity index (χ1) is 14.7. The SMILES string of the molecule is Cc1cccc(NC(=O)N2CCN(c3ncccc3-c3nnc(C4CC4)o3)CC2)c1. The number of pyridine rings is 1. The lowest BCUT2D eigenvalue weighted by atomic mass is 10.2. The van der Waals surface area contributed by atoms with Crippen molar-refractivity contribution >= 4 is 17.5 Å². The maximum absolute atomic E-state index is 12.6. The van der Waals surface area contributed by atoms with Crippen LogP contribution in [-0.2, 0) is 0 Å². The summed E-state index contributed by atoms with van der Waals surface area (Å²) in [5, 5.41) is 11.4. The molecule has 8 heteroatoms. The Morgan fingerprint density at radius 3 is 2.70 bits per heavy atom. The van der Waals surface area contributed by atoms with E-state index in [1.54, 1.807) is 6.20 Å². The van der Waals surface area contributed by atoms with Crippen LogP contribution in [0.15, 0.2) is 47.0 Å². The van der Waals surface area contributed by atoms with E-state index in [9.17, 15) is 4.79 Å². The Hall–Kier alpha value is -3.42. The molecule has 0 unspecified atom stereocenters. The molecule has 5 rings (SSSR count). The molecule has 1 saturated heterocycles. The topological polar surface area (TPSA) is 87.4 Å². The molecule has 2 amide bonds. The molecule has 0 atom stereocenters. The molecule has 0 spiro atoms. The molecule has 1 N–H and O–H groups in total. The summed E-state index contributed by atoms with van der Waals surface area (Å²) in [6.45, 7) is 4.62. The van der Waals surface area contributed by atoms with E-state index < -0.39 is 0 Å². The number of aryl methyl sites for hydroxylation is 1. The van der Waals surface area contributed by atoms with Gasteiger partial charge in [-0.2, -0.15) is 0 Å². The van der Waals surface area contributed by atoms with Gasteiger partial charge in [-0.05, 0) is 49.6 Å². The van der Waals surface area contributed by atoms with Crippen molar-refractivity contribution in [3.8, 4) is 11.5 Å². The number of nitrogens with zero attached hydrogens (tertiary/aromatic N) is 5. The number of carbonyl (C=O) groups is 1. The lowest BCUT2D eigenvalue weighted by Crippen LogP contribution is -2.50. The van der Waals surface area contributed by atoms with Gasteiger partial charge in [0.25, 0.3) is 5.89 Å². The van der Waals surface area contributed by atoms with Gasteiger partial charge in [-0.1, -0.05) is 12.1 Å². The quantitative estimate of drug-likeness (QED) is 0.714. The minimum absolute atomic E-state index is 0.0764. The molecule has 2 fully saturated rings. The van der Waals surface area contributed by atoms with Gasteiger partial charge >= 0.3 is 6.03 Å². The summed E-state index contributed by atoms with van der Waals surface area (Å²) in [5.41, 5.74) is 2.78. The van der Waals surface area contributed by atoms with Crippen molar-refractivity contribution < 1.29 is 9.21 Å². The van der Waals surface area contributed by atoms with Crippen molar-refractivity contribution in [1.82, 2.24) is 20.1 Å². The lowest BCUT2D eigenvalue weighted by Gasteiger charge is -2.35. The fourth-order valence-electron chi connectivity index (χ4n) is 3.70. The Morgan fingerprint density at radius 1 is 1.10 bits per heavy atom. The number of aromatic nitrogens is 3. The van der Waals surface area contributed by atoms with Gasteiger partial charge in [0.15, 0.2) is 0 Å². The van der Waals surface area contributed by atoms with Gasteiger partial charge in [0.05, 0.1) is 5.56 Å². The van der Waals surface area contributed by atoms with E-state index in [0.29, 0.717) is 38.0 Å². The van der Waals surface area contributed by atoms with Crippen LogP contribution in [0, 0.1) is 6.92 Å². The highest BCUT2D eigenvalue weighted by Gasteiger charge is 2.30. The maximum Gasteiger partial charge on any atom is 0.321 e. The summed E-state index contributed by atoms with van der Waals surface area (Å²) in [6, 6.07) is 11.6. The van der Waals surface area contributed by atoms with Crippen LogP contribution >= 0.6 is 0 Å². The number of nitrogens with one attached hydrogen (secondary N) is 1. The first-order valence-corrected chi connectivity index (χ1v) is 10.3. The Bertz CT molecular complexity index is 1050. The minimum Gasteiger partial charge on any atom is -0.420 e. The Morgan fingerprint density at radius 2 is 1.93 bits per heavy atom. The summed E-state index contributed by atoms with van der Waals surface area (Å²) in [5.74, 6) is 2.47. The lowest BCUT2D eigenvalue weighted by molar-refractivity contribution is 0.208. The van der Waals surface area contributed by atoms with Crippen molar-refractivity contribution in [2.24, 2.45) is 0 Å². The number of carbonyl (C=O) groups excluding carboxylic acids is 1. The van der Waals surface area contributed by atoms with Gasteiger partial charge in [0.2, 0.25) is 5.89 Å². The van der Waals surface area contributed by atoms with Crippen LogP contribution < -0.4 is 10.2 Å². The molecule has 2 aromatic heterocycles. The number of hydrogen-bond acceptors (Lipinski definition) is 6. The fourth-order valence-corrected chi connectivity index (χ4v) is 3.70. The van der Waals surface area contributed by atoms with E-state index in [2.05, 4.69) is 25.4 Å². The Balaban J connectivity index is 1.26. The molecule has 154 valence electrons. The van der Waals surface area contributed by atoms with Gasteiger partial charge in [-0.25, -0.2) is 9.78 Å². The molecule has 2 aliphatic rings. The van der Waals surface area contributed by atoms with Crippen LogP contribution in [0.25, 0.3) is 11.5 Å². The third kappa shape index (κ3) is 3.85. The van der Waals surface area contributed by atoms with Gasteiger partial charge in [-0.15, -0.1) is 10.2 Å². The van der Waals surface area contributed by atoms with Crippen molar-refractivity contribution in [2.75, 3.05) is 36.4 Å². The Labute approximate surface area is 174 Å². The van der Waals surface area contributed by atoms with Gasteiger partial charge < -0.3 is 19.5 Å². The van der Waals surface area contributed by atoms with E-state index >= 15 is 0 Å². The van der Waals surface area contributed by atoms with E-state index in [1.807, 2.05) is 48.2 Å². The molecule has 30 heavy (non-hydrogen) atoms. The molecule has 8 nitrogen and oxygen atoms in total. The van der Waals surface area contributed by atoms with E-state index in [0.717, 1.165) is 41.4 Å². The summed E-state index contributed by atoms with van der Waals surface area (Å²) >= 11 is 0. The maximum atomic E-state index is 12.6. The average molecular weight is 404 g/mol. The van der Waals surface area contributed by atoms with Crippen LogP contribution in [0.3, 0.4) is 0 Å². The monoisotopic (exact) mass is 404 g/mol. The highest BCUT2D eigenvalue weighted by molar-refractivity contribution is 5.89. The van der Waals surface area contributed by atoms with E-state index in [-0.39, 0.29) is 6.03 Å². The van der Waals surface area contributed by atoms with Crippen molar-refractivity contribution in [3.05, 3.63) is 54.0 Å². The van der Waals surface area contributed by atoms with E-state index in [1.165, 1.54) is 0 Å². The molecule has 1 aromatic carbocycles. The standard InChI is InChI=1S/C22H24N6O2/c1-15-4-2-5-17(14-15)24-22(29)28-12-10-27(11-13-28)19-18(6-3-9-23-19)21-26-25-20(30-21)16-7-8-16/h2-6,9,14,16H,7-8,10-13H2,1H3,(H,24,29). The molecular formula is C22H24N6O2. The normalized spacial score (nSPS) is 16.6. The number of piperazine rings is 1. The number of rotatable bonds is 4. The predicted octanol–water partition coefficient (Wildman–Crippen LogP) is 3.67. The third-order valence-electron chi connectivity index (χ3n) is 5.52. The van der Waals surface area contributed by atoms with Gasteiger partial charge in [0, 0.05) is 44.0 Å². The minimum atomic E-state index is -0.0764. The number of anilines is 2. The zero-order chi connectivity index (χ0) is 20.5. The molecule has 3 heterocycles. The predicted molar refractivity (Wildman–Crippen MR) is 113 cm³/mol. The summed E-state index contributed by atoms with van der Waals surface area (Å²) in [7, 11) is 0. The van der Waals surface area contributed by atoms with Gasteiger partial charge in [0.1, 0.15) is 5.82 Å². The molecule has 3 aromatic rings. The van der Waals surface area contributed by atoms with Crippen molar-refractivity contribution in [2.45, 2.75) is 25.7 Å². The molecule has 0 radical (unpaired) electrons. The Kier molecular flexibility index (Phi) is 4.82. The second-order valence-corrected chi connectivity index (χ2v) is 7.87. The van der Waals surface area contributed by atoms with Crippen molar-refractivity contribution in [3.63, 3.8) is 0 Å². The fraction of sp³-hybridized carbons (Fsp3) is 0.364. The van der Waals surface area contributed by atoms with E-state index in [4.69, 9.17) is 4.42 Å². The first kappa shape index (κ1) is 18.6. The van der Waals surface area contributed by atoms with Gasteiger partial charge in [-0.3, -0.25) is 0 Å². The zero-order valence-electron chi connectivity index (χ0n) is 16.9. The second kappa shape index (κ2) is 7.78. The molecule has 1 saturated carbocycles. The first-order valence-electron chi connectivity index (χ1n) is 10.3. The summed E-state index contributed by atoms with van der Waals surface area (Å²) in [6.07, 6.45) is 4.01. The molecular weight excluding hydrogens is 380 g/mol. The molecule has 1 aliphatic carbocycles. The van der Waals surface area contributed by atoms with Crippen LogP contribution in [0.2, 0.25) is 0 Å². The van der Waals surface area contributed by atoms with Crippen LogP contribution in [0.5, 0.6) is 0 Å². The highest BCUT2D eigenvalue weighted by Crippen LogP contribution is 2.40. The summed E-state index contributed by atoms with van der Waals surface area (Å²) < 4.78 is 5.90. The van der Waals surface area contributed by atoms with Crippen LogP contribution in [0.4, 0.5) is 16.3 Å². The zero-order valence-corrected chi connectivity index (χ0v) is 16.9. The summed E-state index contributed by atoms with van der Waals surface area (Å²) in [4.78, 5) is 21.2. The smallest absolute Gasteiger partial charge is 0.321 e. The second-order valence-electron chi connectivity index (χ2n) is 7.87. The molecule has 0 bridgehead atoms. The average Bonchev–Trinajstić information content (AvgIpc) is 3.50. The number of amides is 2. The van der Waals surface area contributed by atoms with Crippen LogP contribution in [0.1, 0.15) is 30.2 Å². The third-order valence-corrected chi connectivity index (χ3v) is 5.52. The van der Waals surface area contributed by atoms with Crippen LogP contribution in [-0.4, -0.2) is 52.3 Å². The molecule has 1 aliphatic heterocycles. The number of hydrogen-bond donors (Lipinski definition) is 1.